The van der Waals surface area contributed by atoms with Crippen LogP contribution in [-0.2, 0) is 9.53 Å². The van der Waals surface area contributed by atoms with Crippen LogP contribution in [-0.4, -0.2) is 43.7 Å². The Balaban J connectivity index is 2.81. The number of nitrogens with one attached hydrogen (secondary N) is 1. The topological polar surface area (TPSA) is 41.6 Å². The number of carbonyl (C=O) groups excluding carboxylic acids is 1. The molecule has 4 nitrogen and oxygen atoms in total. The molecular weight excluding hydrogens is 264 g/mol. The van der Waals surface area contributed by atoms with Crippen LogP contribution in [0.2, 0.25) is 0 Å². The van der Waals surface area contributed by atoms with Gasteiger partial charge in [-0.25, -0.2) is 0 Å². The largest absolute Gasteiger partial charge is 0.468 e. The maximum Gasteiger partial charge on any atom is 0.322 e. The molecule has 0 bridgehead atoms. The highest BCUT2D eigenvalue weighted by Crippen LogP contribution is 2.19. The molecule has 4 heteroatoms. The summed E-state index contributed by atoms with van der Waals surface area (Å²) in [6, 6.07) is 10.5. The van der Waals surface area contributed by atoms with Crippen LogP contribution in [0.25, 0.3) is 0 Å². The molecule has 1 rings (SSSR count). The van der Waals surface area contributed by atoms with Crippen LogP contribution in [0, 0.1) is 0 Å². The lowest BCUT2D eigenvalue weighted by Crippen LogP contribution is -2.43. The summed E-state index contributed by atoms with van der Waals surface area (Å²) in [5.41, 5.74) is 1.27. The third-order valence-corrected chi connectivity index (χ3v) is 3.89. The van der Waals surface area contributed by atoms with E-state index >= 15 is 0 Å². The van der Waals surface area contributed by atoms with E-state index in [9.17, 15) is 4.79 Å². The van der Waals surface area contributed by atoms with E-state index in [0.29, 0.717) is 0 Å². The lowest BCUT2D eigenvalue weighted by molar-refractivity contribution is -0.143. The van der Waals surface area contributed by atoms with Crippen molar-refractivity contribution in [3.63, 3.8) is 0 Å². The summed E-state index contributed by atoms with van der Waals surface area (Å²) in [4.78, 5) is 14.1. The molecule has 0 aromatic heterocycles. The van der Waals surface area contributed by atoms with Crippen LogP contribution < -0.4 is 5.32 Å². The first-order valence-electron chi connectivity index (χ1n) is 7.78. The Hall–Kier alpha value is -1.39. The quantitative estimate of drug-likeness (QED) is 0.710. The highest BCUT2D eigenvalue weighted by atomic mass is 16.5. The highest BCUT2D eigenvalue weighted by Gasteiger charge is 2.22. The van der Waals surface area contributed by atoms with E-state index in [4.69, 9.17) is 4.74 Å². The molecule has 21 heavy (non-hydrogen) atoms. The summed E-state index contributed by atoms with van der Waals surface area (Å²) in [5, 5.41) is 3.35. The van der Waals surface area contributed by atoms with Gasteiger partial charge in [0.1, 0.15) is 6.04 Å². The molecule has 1 aromatic rings. The van der Waals surface area contributed by atoms with E-state index < -0.39 is 0 Å². The zero-order chi connectivity index (χ0) is 15.7. The molecule has 1 N–H and O–H groups in total. The molecular formula is C17H28N2O2. The smallest absolute Gasteiger partial charge is 0.322 e. The van der Waals surface area contributed by atoms with Crippen molar-refractivity contribution in [3.8, 4) is 0 Å². The zero-order valence-corrected chi connectivity index (χ0v) is 13.6. The van der Waals surface area contributed by atoms with Crippen molar-refractivity contribution in [2.24, 2.45) is 0 Å². The van der Waals surface area contributed by atoms with Gasteiger partial charge in [0.2, 0.25) is 0 Å². The molecule has 0 fully saturated rings. The van der Waals surface area contributed by atoms with Crippen LogP contribution in [0.1, 0.15) is 38.8 Å². The first-order valence-corrected chi connectivity index (χ1v) is 7.78. The van der Waals surface area contributed by atoms with E-state index in [2.05, 4.69) is 48.3 Å². The van der Waals surface area contributed by atoms with Gasteiger partial charge in [0.15, 0.2) is 0 Å². The number of carbonyl (C=O) groups is 1. The first kappa shape index (κ1) is 17.7. The molecule has 0 amide bonds. The van der Waals surface area contributed by atoms with E-state index in [1.807, 2.05) is 13.0 Å². The van der Waals surface area contributed by atoms with E-state index in [-0.39, 0.29) is 18.1 Å². The predicted molar refractivity (Wildman–Crippen MR) is 86.2 cm³/mol. The van der Waals surface area contributed by atoms with Gasteiger partial charge < -0.3 is 10.1 Å². The molecule has 0 saturated carbocycles. The third-order valence-electron chi connectivity index (χ3n) is 3.89. The summed E-state index contributed by atoms with van der Waals surface area (Å²) < 4.78 is 4.84. The second-order valence-corrected chi connectivity index (χ2v) is 5.04. The van der Waals surface area contributed by atoms with Gasteiger partial charge >= 0.3 is 5.97 Å². The number of nitrogens with zero attached hydrogens (tertiary/aromatic N) is 1. The number of hydrogen-bond acceptors (Lipinski definition) is 4. The number of methoxy groups -OCH3 is 1. The SMILES string of the molecule is CCC(NCC(c1ccccc1)N(CC)CC)C(=O)OC. The van der Waals surface area contributed by atoms with Gasteiger partial charge in [-0.2, -0.15) is 0 Å². The number of ether oxygens (including phenoxy) is 1. The monoisotopic (exact) mass is 292 g/mol. The van der Waals surface area contributed by atoms with Crippen LogP contribution in [0.5, 0.6) is 0 Å². The second kappa shape index (κ2) is 9.53. The van der Waals surface area contributed by atoms with Gasteiger partial charge in [-0.05, 0) is 25.1 Å². The van der Waals surface area contributed by atoms with Gasteiger partial charge in [-0.15, -0.1) is 0 Å². The summed E-state index contributed by atoms with van der Waals surface area (Å²) >= 11 is 0. The van der Waals surface area contributed by atoms with Crippen LogP contribution >= 0.6 is 0 Å². The third kappa shape index (κ3) is 5.14. The fraction of sp³-hybridized carbons (Fsp3) is 0.588. The molecule has 2 atom stereocenters. The molecule has 0 radical (unpaired) electrons. The minimum Gasteiger partial charge on any atom is -0.468 e. The lowest BCUT2D eigenvalue weighted by Gasteiger charge is -2.31. The Morgan fingerprint density at radius 3 is 2.29 bits per heavy atom. The van der Waals surface area contributed by atoms with Crippen molar-refractivity contribution < 1.29 is 9.53 Å². The van der Waals surface area contributed by atoms with E-state index in [1.165, 1.54) is 12.7 Å². The van der Waals surface area contributed by atoms with Crippen LogP contribution in [0.4, 0.5) is 0 Å². The molecule has 0 heterocycles. The summed E-state index contributed by atoms with van der Waals surface area (Å²) in [7, 11) is 1.44. The summed E-state index contributed by atoms with van der Waals surface area (Å²) in [6.07, 6.45) is 0.729. The van der Waals surface area contributed by atoms with Crippen molar-refractivity contribution in [2.45, 2.75) is 39.3 Å². The van der Waals surface area contributed by atoms with Gasteiger partial charge in [0.05, 0.1) is 7.11 Å². The maximum atomic E-state index is 11.7. The fourth-order valence-corrected chi connectivity index (χ4v) is 2.59. The minimum absolute atomic E-state index is 0.191. The van der Waals surface area contributed by atoms with Crippen molar-refractivity contribution in [1.29, 1.82) is 0 Å². The van der Waals surface area contributed by atoms with E-state index in [1.54, 1.807) is 0 Å². The molecule has 0 spiro atoms. The number of hydrogen-bond donors (Lipinski definition) is 1. The van der Waals surface area contributed by atoms with Crippen molar-refractivity contribution >= 4 is 5.97 Å². The Labute approximate surface area is 128 Å². The fourth-order valence-electron chi connectivity index (χ4n) is 2.59. The Morgan fingerprint density at radius 2 is 1.81 bits per heavy atom. The zero-order valence-electron chi connectivity index (χ0n) is 13.6. The Kier molecular flexibility index (Phi) is 8.01. The average Bonchev–Trinajstić information content (AvgIpc) is 2.55. The predicted octanol–water partition coefficient (Wildman–Crippen LogP) is 2.61. The van der Waals surface area contributed by atoms with Crippen LogP contribution in [0.3, 0.4) is 0 Å². The number of likely N-dealkylation sites (N-methyl/N-ethyl adjacent to an activating group) is 1. The van der Waals surface area contributed by atoms with E-state index in [0.717, 1.165) is 26.1 Å². The average molecular weight is 292 g/mol. The minimum atomic E-state index is -0.239. The Bertz CT molecular complexity index is 405. The number of rotatable bonds is 9. The summed E-state index contributed by atoms with van der Waals surface area (Å²) in [6.45, 7) is 9.01. The van der Waals surface area contributed by atoms with Gasteiger partial charge in [0.25, 0.3) is 0 Å². The molecule has 2 unspecified atom stereocenters. The lowest BCUT2D eigenvalue weighted by atomic mass is 10.0. The number of benzene rings is 1. The summed E-state index contributed by atoms with van der Waals surface area (Å²) in [5.74, 6) is -0.191. The van der Waals surface area contributed by atoms with Gasteiger partial charge in [-0.1, -0.05) is 51.1 Å². The van der Waals surface area contributed by atoms with Gasteiger partial charge in [0, 0.05) is 12.6 Å². The van der Waals surface area contributed by atoms with Crippen molar-refractivity contribution in [3.05, 3.63) is 35.9 Å². The molecule has 0 aliphatic heterocycles. The normalized spacial score (nSPS) is 14.0. The first-order chi connectivity index (χ1) is 10.2. The number of esters is 1. The molecule has 0 aliphatic rings. The van der Waals surface area contributed by atoms with Crippen molar-refractivity contribution in [1.82, 2.24) is 10.2 Å². The maximum absolute atomic E-state index is 11.7. The van der Waals surface area contributed by atoms with Gasteiger partial charge in [-0.3, -0.25) is 9.69 Å². The molecule has 1 aromatic carbocycles. The van der Waals surface area contributed by atoms with Crippen molar-refractivity contribution in [2.75, 3.05) is 26.7 Å². The highest BCUT2D eigenvalue weighted by molar-refractivity contribution is 5.75. The Morgan fingerprint density at radius 1 is 1.19 bits per heavy atom. The molecule has 0 aliphatic carbocycles. The second-order valence-electron chi connectivity index (χ2n) is 5.04. The molecule has 118 valence electrons. The standard InChI is InChI=1S/C17H28N2O2/c1-5-15(17(20)21-4)18-13-16(19(6-2)7-3)14-11-9-8-10-12-14/h8-12,15-16,18H,5-7,13H2,1-4H3. The molecule has 0 saturated heterocycles. The van der Waals surface area contributed by atoms with Crippen LogP contribution in [0.15, 0.2) is 30.3 Å².